The highest BCUT2D eigenvalue weighted by Crippen LogP contribution is 2.37. The van der Waals surface area contributed by atoms with Crippen LogP contribution in [0.15, 0.2) is 47.1 Å². The first-order chi connectivity index (χ1) is 12.5. The zero-order valence-corrected chi connectivity index (χ0v) is 14.0. The molecule has 0 aliphatic carbocycles. The van der Waals surface area contributed by atoms with Gasteiger partial charge in [-0.3, -0.25) is 10.1 Å². The van der Waals surface area contributed by atoms with Crippen molar-refractivity contribution in [2.75, 3.05) is 14.1 Å². The molecule has 130 valence electrons. The summed E-state index contributed by atoms with van der Waals surface area (Å²) in [5.74, 6) is 0.597. The number of nitriles is 1. The van der Waals surface area contributed by atoms with E-state index in [0.717, 1.165) is 0 Å². The summed E-state index contributed by atoms with van der Waals surface area (Å²) >= 11 is 0. The van der Waals surface area contributed by atoms with Crippen LogP contribution in [0.4, 0.5) is 5.69 Å². The maximum absolute atomic E-state index is 11.5. The van der Waals surface area contributed by atoms with E-state index in [9.17, 15) is 10.1 Å². The fraction of sp³-hybridized carbons (Fsp3) is 0.111. The predicted molar refractivity (Wildman–Crippen MR) is 94.6 cm³/mol. The van der Waals surface area contributed by atoms with Crippen molar-refractivity contribution in [2.24, 2.45) is 0 Å². The molecule has 0 aliphatic heterocycles. The van der Waals surface area contributed by atoms with Gasteiger partial charge in [-0.2, -0.15) is 5.26 Å². The lowest BCUT2D eigenvalue weighted by Gasteiger charge is -2.05. The summed E-state index contributed by atoms with van der Waals surface area (Å²) < 4.78 is 11.2. The summed E-state index contributed by atoms with van der Waals surface area (Å²) in [5.41, 5.74) is 0.484. The van der Waals surface area contributed by atoms with Gasteiger partial charge < -0.3 is 14.1 Å². The van der Waals surface area contributed by atoms with Crippen LogP contribution < -0.4 is 4.74 Å². The Morgan fingerprint density at radius 2 is 2.19 bits per heavy atom. The van der Waals surface area contributed by atoms with Crippen LogP contribution in [0.5, 0.6) is 11.6 Å². The molecule has 0 radical (unpaired) electrons. The molecule has 0 fully saturated rings. The maximum atomic E-state index is 11.5. The molecule has 8 heteroatoms. The standard InChI is InChI=1S/C18H14N4O4/c1-21(2)9-7-16-17(22(23)24)14-10-13(5-6-15(14)26-16)25-18-12(11-19)4-3-8-20-18/h3-10H,1-2H3. The largest absolute Gasteiger partial charge is 0.449 e. The minimum absolute atomic E-state index is 0.133. The molecule has 3 aromatic rings. The van der Waals surface area contributed by atoms with Gasteiger partial charge >= 0.3 is 5.69 Å². The fourth-order valence-corrected chi connectivity index (χ4v) is 2.33. The van der Waals surface area contributed by atoms with E-state index in [4.69, 9.17) is 14.4 Å². The molecular formula is C18H14N4O4. The van der Waals surface area contributed by atoms with Gasteiger partial charge in [-0.25, -0.2) is 4.98 Å². The second-order valence-corrected chi connectivity index (χ2v) is 5.58. The number of ether oxygens (including phenoxy) is 1. The molecule has 0 saturated heterocycles. The van der Waals surface area contributed by atoms with Crippen molar-refractivity contribution in [3.05, 3.63) is 64.2 Å². The fourth-order valence-electron chi connectivity index (χ4n) is 2.33. The molecule has 8 nitrogen and oxygen atoms in total. The summed E-state index contributed by atoms with van der Waals surface area (Å²) in [6.45, 7) is 0. The molecule has 26 heavy (non-hydrogen) atoms. The molecule has 0 saturated carbocycles. The number of pyridine rings is 1. The quantitative estimate of drug-likeness (QED) is 0.507. The third-order valence-electron chi connectivity index (χ3n) is 3.47. The van der Waals surface area contributed by atoms with E-state index >= 15 is 0 Å². The van der Waals surface area contributed by atoms with Gasteiger partial charge in [-0.05, 0) is 30.3 Å². The topological polar surface area (TPSA) is 105 Å². The van der Waals surface area contributed by atoms with Crippen LogP contribution >= 0.6 is 0 Å². The number of hydrogen-bond acceptors (Lipinski definition) is 7. The predicted octanol–water partition coefficient (Wildman–Crippen LogP) is 3.93. The van der Waals surface area contributed by atoms with Crippen LogP contribution in [0.3, 0.4) is 0 Å². The molecular weight excluding hydrogens is 336 g/mol. The van der Waals surface area contributed by atoms with Gasteiger partial charge in [-0.15, -0.1) is 0 Å². The lowest BCUT2D eigenvalue weighted by Crippen LogP contribution is -1.99. The van der Waals surface area contributed by atoms with E-state index in [1.165, 1.54) is 18.3 Å². The molecule has 0 N–H and O–H groups in total. The van der Waals surface area contributed by atoms with E-state index in [1.54, 1.807) is 49.5 Å². The van der Waals surface area contributed by atoms with Gasteiger partial charge in [0.05, 0.1) is 4.92 Å². The van der Waals surface area contributed by atoms with Crippen LogP contribution in [0, 0.1) is 21.4 Å². The highest BCUT2D eigenvalue weighted by atomic mass is 16.6. The van der Waals surface area contributed by atoms with Gasteiger partial charge in [0.2, 0.25) is 11.6 Å². The van der Waals surface area contributed by atoms with Crippen molar-refractivity contribution in [3.8, 4) is 17.7 Å². The van der Waals surface area contributed by atoms with Gasteiger partial charge in [0.1, 0.15) is 28.4 Å². The highest BCUT2D eigenvalue weighted by Gasteiger charge is 2.23. The van der Waals surface area contributed by atoms with Crippen LogP contribution in [-0.4, -0.2) is 28.9 Å². The minimum atomic E-state index is -0.494. The SMILES string of the molecule is CN(C)C=Cc1oc2ccc(Oc3ncccc3C#N)cc2c1[N+](=O)[O-]. The summed E-state index contributed by atoms with van der Waals surface area (Å²) in [6.07, 6.45) is 4.69. The Kier molecular flexibility index (Phi) is 4.53. The van der Waals surface area contributed by atoms with Crippen LogP contribution in [0.25, 0.3) is 17.0 Å². The van der Waals surface area contributed by atoms with E-state index in [2.05, 4.69) is 4.98 Å². The smallest absolute Gasteiger partial charge is 0.322 e. The minimum Gasteiger partial charge on any atom is -0.449 e. The molecule has 0 atom stereocenters. The Morgan fingerprint density at radius 1 is 1.38 bits per heavy atom. The molecule has 0 amide bonds. The number of nitrogens with zero attached hydrogens (tertiary/aromatic N) is 4. The number of benzene rings is 1. The Hall–Kier alpha value is -3.86. The van der Waals surface area contributed by atoms with Crippen LogP contribution in [0.2, 0.25) is 0 Å². The maximum Gasteiger partial charge on any atom is 0.322 e. The number of rotatable bonds is 5. The Labute approximate surface area is 148 Å². The summed E-state index contributed by atoms with van der Waals surface area (Å²) in [6, 6.07) is 9.87. The molecule has 0 unspecified atom stereocenters. The molecule has 1 aromatic carbocycles. The number of aromatic nitrogens is 1. The zero-order valence-electron chi connectivity index (χ0n) is 14.0. The van der Waals surface area contributed by atoms with E-state index < -0.39 is 4.92 Å². The second-order valence-electron chi connectivity index (χ2n) is 5.58. The lowest BCUT2D eigenvalue weighted by molar-refractivity contribution is -0.383. The summed E-state index contributed by atoms with van der Waals surface area (Å²) in [5, 5.41) is 20.9. The van der Waals surface area contributed by atoms with Crippen LogP contribution in [-0.2, 0) is 0 Å². The number of nitro groups is 1. The monoisotopic (exact) mass is 350 g/mol. The average Bonchev–Trinajstić information content (AvgIpc) is 2.98. The number of hydrogen-bond donors (Lipinski definition) is 0. The van der Waals surface area contributed by atoms with Gasteiger partial charge in [-0.1, -0.05) is 0 Å². The first kappa shape index (κ1) is 17.0. The number of furan rings is 1. The normalized spacial score (nSPS) is 10.8. The van der Waals surface area contributed by atoms with Crippen molar-refractivity contribution < 1.29 is 14.1 Å². The Bertz CT molecular complexity index is 1050. The first-order valence-corrected chi connectivity index (χ1v) is 7.58. The first-order valence-electron chi connectivity index (χ1n) is 7.58. The van der Waals surface area contributed by atoms with E-state index in [-0.39, 0.29) is 22.9 Å². The van der Waals surface area contributed by atoms with Crippen molar-refractivity contribution in [2.45, 2.75) is 0 Å². The second kappa shape index (κ2) is 6.94. The van der Waals surface area contributed by atoms with Gasteiger partial charge in [0.15, 0.2) is 0 Å². The van der Waals surface area contributed by atoms with Crippen molar-refractivity contribution in [1.82, 2.24) is 9.88 Å². The third-order valence-corrected chi connectivity index (χ3v) is 3.47. The molecule has 0 bridgehead atoms. The summed E-state index contributed by atoms with van der Waals surface area (Å²) in [7, 11) is 3.60. The lowest BCUT2D eigenvalue weighted by atomic mass is 10.2. The van der Waals surface area contributed by atoms with Gasteiger partial charge in [0.25, 0.3) is 0 Å². The average molecular weight is 350 g/mol. The van der Waals surface area contributed by atoms with Crippen molar-refractivity contribution in [3.63, 3.8) is 0 Å². The van der Waals surface area contributed by atoms with E-state index in [1.807, 2.05) is 6.07 Å². The van der Waals surface area contributed by atoms with E-state index in [0.29, 0.717) is 16.7 Å². The van der Waals surface area contributed by atoms with Crippen molar-refractivity contribution >= 4 is 22.7 Å². The summed E-state index contributed by atoms with van der Waals surface area (Å²) in [4.78, 5) is 16.8. The Balaban J connectivity index is 2.06. The molecule has 2 aromatic heterocycles. The van der Waals surface area contributed by atoms with Gasteiger partial charge in [0, 0.05) is 32.6 Å². The molecule has 0 spiro atoms. The molecule has 0 aliphatic rings. The van der Waals surface area contributed by atoms with Crippen LogP contribution in [0.1, 0.15) is 11.3 Å². The van der Waals surface area contributed by atoms with Crippen molar-refractivity contribution in [1.29, 1.82) is 5.26 Å². The zero-order chi connectivity index (χ0) is 18.7. The highest BCUT2D eigenvalue weighted by molar-refractivity contribution is 5.92. The molecule has 3 rings (SSSR count). The molecule has 2 heterocycles. The Morgan fingerprint density at radius 3 is 2.88 bits per heavy atom. The third kappa shape index (κ3) is 3.32. The number of fused-ring (bicyclic) bond motifs is 1.